The summed E-state index contributed by atoms with van der Waals surface area (Å²) in [5.41, 5.74) is 5.36. The molecular formula is C21H20N6O5S. The fraction of sp³-hybridized carbons (Fsp3) is 0.143. The largest absolute Gasteiger partial charge is 0.496 e. The van der Waals surface area contributed by atoms with Crippen LogP contribution in [-0.4, -0.2) is 44.4 Å². The van der Waals surface area contributed by atoms with Crippen molar-refractivity contribution in [2.75, 3.05) is 12.9 Å². The van der Waals surface area contributed by atoms with Crippen molar-refractivity contribution >= 4 is 29.3 Å². The van der Waals surface area contributed by atoms with Gasteiger partial charge in [-0.1, -0.05) is 30.0 Å². The number of methoxy groups -OCH3 is 1. The predicted octanol–water partition coefficient (Wildman–Crippen LogP) is 2.60. The lowest BCUT2D eigenvalue weighted by atomic mass is 10.2. The fourth-order valence-corrected chi connectivity index (χ4v) is 3.56. The lowest BCUT2D eigenvalue weighted by Gasteiger charge is -2.11. The van der Waals surface area contributed by atoms with Crippen LogP contribution in [0.15, 0.2) is 66.3 Å². The first-order chi connectivity index (χ1) is 15.9. The van der Waals surface area contributed by atoms with Gasteiger partial charge in [0.25, 0.3) is 11.6 Å². The third-order valence-electron chi connectivity index (χ3n) is 4.36. The Bertz CT molecular complexity index is 1180. The van der Waals surface area contributed by atoms with Gasteiger partial charge in [0.1, 0.15) is 5.75 Å². The smallest absolute Gasteiger partial charge is 0.269 e. The van der Waals surface area contributed by atoms with Gasteiger partial charge in [-0.05, 0) is 24.3 Å². The average molecular weight is 468 g/mol. The Kier molecular flexibility index (Phi) is 7.76. The molecular weight excluding hydrogens is 448 g/mol. The molecule has 33 heavy (non-hydrogen) atoms. The molecule has 0 radical (unpaired) electrons. The van der Waals surface area contributed by atoms with Crippen molar-refractivity contribution in [2.45, 2.75) is 11.7 Å². The summed E-state index contributed by atoms with van der Waals surface area (Å²) in [5.74, 6) is 0.0980. The summed E-state index contributed by atoms with van der Waals surface area (Å²) in [7, 11) is 1.57. The number of hydrazine groups is 1. The molecule has 0 bridgehead atoms. The number of nitrogens with zero attached hydrogens (tertiary/aromatic N) is 4. The number of nitro benzene ring substituents is 1. The van der Waals surface area contributed by atoms with Crippen LogP contribution in [0.4, 0.5) is 5.69 Å². The number of hydrogen-bond acceptors (Lipinski definition) is 8. The summed E-state index contributed by atoms with van der Waals surface area (Å²) in [5, 5.41) is 19.6. The highest BCUT2D eigenvalue weighted by molar-refractivity contribution is 7.99. The quantitative estimate of drug-likeness (QED) is 0.211. The zero-order valence-electron chi connectivity index (χ0n) is 17.6. The van der Waals surface area contributed by atoms with Gasteiger partial charge in [-0.25, -0.2) is 0 Å². The van der Waals surface area contributed by atoms with Crippen LogP contribution in [0.3, 0.4) is 0 Å². The molecule has 0 fully saturated rings. The Balaban J connectivity index is 1.62. The standard InChI is InChI=1S/C21H20N6O5S/c1-3-12-26-19(16-6-4-5-7-17(16)32-2)23-25-21(26)33-13-18(28)22-24-20(29)14-8-10-15(11-9-14)27(30)31/h3-11H,1,12-13H2,2H3,(H,22,28)(H,24,29). The van der Waals surface area contributed by atoms with Gasteiger partial charge in [-0.2, -0.15) is 0 Å². The van der Waals surface area contributed by atoms with Crippen molar-refractivity contribution in [1.29, 1.82) is 0 Å². The number of ether oxygens (including phenoxy) is 1. The van der Waals surface area contributed by atoms with E-state index in [4.69, 9.17) is 4.74 Å². The molecule has 0 spiro atoms. The molecule has 170 valence electrons. The van der Waals surface area contributed by atoms with Crippen LogP contribution in [0, 0.1) is 10.1 Å². The van der Waals surface area contributed by atoms with Gasteiger partial charge < -0.3 is 4.74 Å². The number of benzene rings is 2. The molecule has 2 N–H and O–H groups in total. The number of carbonyl (C=O) groups is 2. The lowest BCUT2D eigenvalue weighted by Crippen LogP contribution is -2.42. The average Bonchev–Trinajstić information content (AvgIpc) is 3.23. The van der Waals surface area contributed by atoms with E-state index in [0.29, 0.717) is 23.3 Å². The number of thioether (sulfide) groups is 1. The molecule has 0 aliphatic rings. The van der Waals surface area contributed by atoms with E-state index in [-0.39, 0.29) is 17.0 Å². The van der Waals surface area contributed by atoms with E-state index in [9.17, 15) is 19.7 Å². The van der Waals surface area contributed by atoms with Crippen LogP contribution < -0.4 is 15.6 Å². The molecule has 2 aromatic carbocycles. The minimum absolute atomic E-state index is 0.0399. The third-order valence-corrected chi connectivity index (χ3v) is 5.33. The monoisotopic (exact) mass is 468 g/mol. The second-order valence-corrected chi connectivity index (χ2v) is 7.44. The second-order valence-electron chi connectivity index (χ2n) is 6.50. The highest BCUT2D eigenvalue weighted by Gasteiger charge is 2.18. The van der Waals surface area contributed by atoms with Crippen molar-refractivity contribution in [1.82, 2.24) is 25.6 Å². The van der Waals surface area contributed by atoms with E-state index in [1.807, 2.05) is 24.3 Å². The highest BCUT2D eigenvalue weighted by Crippen LogP contribution is 2.30. The van der Waals surface area contributed by atoms with Crippen molar-refractivity contribution in [3.63, 3.8) is 0 Å². The first-order valence-corrected chi connectivity index (χ1v) is 10.6. The summed E-state index contributed by atoms with van der Waals surface area (Å²) in [6, 6.07) is 12.4. The molecule has 0 aliphatic heterocycles. The minimum Gasteiger partial charge on any atom is -0.496 e. The van der Waals surface area contributed by atoms with E-state index in [1.54, 1.807) is 17.8 Å². The second kappa shape index (κ2) is 10.9. The Morgan fingerprint density at radius 3 is 2.58 bits per heavy atom. The SMILES string of the molecule is C=CCn1c(SCC(=O)NNC(=O)c2ccc([N+](=O)[O-])cc2)nnc1-c1ccccc1OC. The van der Waals surface area contributed by atoms with E-state index in [1.165, 1.54) is 24.3 Å². The molecule has 2 amide bonds. The van der Waals surface area contributed by atoms with E-state index in [0.717, 1.165) is 17.3 Å². The molecule has 1 heterocycles. The van der Waals surface area contributed by atoms with E-state index < -0.39 is 16.7 Å². The van der Waals surface area contributed by atoms with Crippen molar-refractivity contribution in [3.05, 3.63) is 76.9 Å². The summed E-state index contributed by atoms with van der Waals surface area (Å²) in [6.07, 6.45) is 1.69. The first-order valence-electron chi connectivity index (χ1n) is 9.58. The number of para-hydroxylation sites is 1. The van der Waals surface area contributed by atoms with Gasteiger partial charge in [0.15, 0.2) is 11.0 Å². The number of hydrogen-bond donors (Lipinski definition) is 2. The number of rotatable bonds is 9. The number of nitrogens with one attached hydrogen (secondary N) is 2. The zero-order chi connectivity index (χ0) is 23.8. The molecule has 3 rings (SSSR count). The predicted molar refractivity (Wildman–Crippen MR) is 122 cm³/mol. The summed E-state index contributed by atoms with van der Waals surface area (Å²) < 4.78 is 7.20. The molecule has 0 saturated carbocycles. The molecule has 0 atom stereocenters. The molecule has 11 nitrogen and oxygen atoms in total. The summed E-state index contributed by atoms with van der Waals surface area (Å²) >= 11 is 1.14. The van der Waals surface area contributed by atoms with Crippen LogP contribution in [-0.2, 0) is 11.3 Å². The maximum absolute atomic E-state index is 12.2. The summed E-state index contributed by atoms with van der Waals surface area (Å²) in [6.45, 7) is 4.18. The Morgan fingerprint density at radius 2 is 1.91 bits per heavy atom. The molecule has 3 aromatic rings. The minimum atomic E-state index is -0.600. The van der Waals surface area contributed by atoms with Crippen molar-refractivity contribution in [3.8, 4) is 17.1 Å². The van der Waals surface area contributed by atoms with Gasteiger partial charge in [-0.15, -0.1) is 16.8 Å². The van der Waals surface area contributed by atoms with Crippen LogP contribution in [0.25, 0.3) is 11.4 Å². The Hall–Kier alpha value is -4.19. The third kappa shape index (κ3) is 5.74. The van der Waals surface area contributed by atoms with E-state index >= 15 is 0 Å². The van der Waals surface area contributed by atoms with Crippen molar-refractivity contribution in [2.24, 2.45) is 0 Å². The highest BCUT2D eigenvalue weighted by atomic mass is 32.2. The number of amides is 2. The van der Waals surface area contributed by atoms with Gasteiger partial charge in [0.05, 0.1) is 23.3 Å². The molecule has 1 aromatic heterocycles. The van der Waals surface area contributed by atoms with Crippen LogP contribution >= 0.6 is 11.8 Å². The van der Waals surface area contributed by atoms with Crippen molar-refractivity contribution < 1.29 is 19.2 Å². The van der Waals surface area contributed by atoms with Gasteiger partial charge in [0.2, 0.25) is 5.91 Å². The van der Waals surface area contributed by atoms with Crippen LogP contribution in [0.5, 0.6) is 5.75 Å². The Morgan fingerprint density at radius 1 is 1.18 bits per heavy atom. The Labute approximate surface area is 193 Å². The normalized spacial score (nSPS) is 10.3. The number of nitro groups is 1. The summed E-state index contributed by atoms with van der Waals surface area (Å²) in [4.78, 5) is 34.4. The number of allylic oxidation sites excluding steroid dienone is 1. The van der Waals surface area contributed by atoms with Gasteiger partial charge >= 0.3 is 0 Å². The number of carbonyl (C=O) groups excluding carboxylic acids is 2. The molecule has 0 aliphatic carbocycles. The first kappa shape index (κ1) is 23.5. The van der Waals surface area contributed by atoms with Crippen LogP contribution in [0.2, 0.25) is 0 Å². The number of non-ortho nitro benzene ring substituents is 1. The fourth-order valence-electron chi connectivity index (χ4n) is 2.82. The maximum atomic E-state index is 12.2. The van der Waals surface area contributed by atoms with Gasteiger partial charge in [0, 0.05) is 24.2 Å². The lowest BCUT2D eigenvalue weighted by molar-refractivity contribution is -0.384. The molecule has 0 unspecified atom stereocenters. The maximum Gasteiger partial charge on any atom is 0.269 e. The van der Waals surface area contributed by atoms with Gasteiger partial charge in [-0.3, -0.25) is 35.1 Å². The molecule has 0 saturated heterocycles. The topological polar surface area (TPSA) is 141 Å². The molecule has 12 heteroatoms. The van der Waals surface area contributed by atoms with E-state index in [2.05, 4.69) is 27.6 Å². The van der Waals surface area contributed by atoms with Crippen LogP contribution in [0.1, 0.15) is 10.4 Å². The number of aromatic nitrogens is 3. The zero-order valence-corrected chi connectivity index (χ0v) is 18.4.